The second-order valence-electron chi connectivity index (χ2n) is 8.07. The molecule has 1 aromatic carbocycles. The fourth-order valence-electron chi connectivity index (χ4n) is 3.20. The third kappa shape index (κ3) is 6.72. The Morgan fingerprint density at radius 2 is 1.83 bits per heavy atom. The molecule has 0 aliphatic rings. The van der Waals surface area contributed by atoms with Gasteiger partial charge in [-0.05, 0) is 37.7 Å². The van der Waals surface area contributed by atoms with Gasteiger partial charge in [0.15, 0.2) is 0 Å². The van der Waals surface area contributed by atoms with Crippen molar-refractivity contribution in [1.29, 1.82) is 0 Å². The molecule has 0 aliphatic carbocycles. The smallest absolute Gasteiger partial charge is 0.0598 e. The maximum Gasteiger partial charge on any atom is 0.0598 e. The third-order valence-electron chi connectivity index (χ3n) is 4.35. The predicted octanol–water partition coefficient (Wildman–Crippen LogP) is 7.10. The highest BCUT2D eigenvalue weighted by molar-refractivity contribution is 8.00. The molecule has 128 valence electrons. The lowest BCUT2D eigenvalue weighted by molar-refractivity contribution is 0.423. The van der Waals surface area contributed by atoms with Gasteiger partial charge in [-0.25, -0.2) is 0 Å². The summed E-state index contributed by atoms with van der Waals surface area (Å²) in [6.45, 7) is 18.5. The minimum Gasteiger partial charge on any atom is -0.156 e. The minimum absolute atomic E-state index is 0.204. The Kier molecular flexibility index (Phi) is 7.89. The lowest BCUT2D eigenvalue weighted by Crippen LogP contribution is -2.46. The van der Waals surface area contributed by atoms with Crippen molar-refractivity contribution in [3.05, 3.63) is 60.2 Å². The van der Waals surface area contributed by atoms with Crippen LogP contribution in [0.3, 0.4) is 0 Å². The van der Waals surface area contributed by atoms with E-state index in [1.54, 1.807) is 0 Å². The molecule has 23 heavy (non-hydrogen) atoms. The molecule has 1 rings (SSSR count). The van der Waals surface area contributed by atoms with Gasteiger partial charge in [0.2, 0.25) is 0 Å². The van der Waals surface area contributed by atoms with Crippen LogP contribution in [-0.2, 0) is 5.75 Å². The lowest BCUT2D eigenvalue weighted by atomic mass is 9.87. The Hall–Kier alpha value is -0.733. The van der Waals surface area contributed by atoms with Gasteiger partial charge in [0.25, 0.3) is 0 Å². The van der Waals surface area contributed by atoms with Crippen LogP contribution in [0.1, 0.15) is 39.2 Å². The SMILES string of the molecule is C=CC(C)(CCC=C(C)C)C(SCc1ccccc1)[Si](C)(C)C. The summed E-state index contributed by atoms with van der Waals surface area (Å²) in [4.78, 5) is 0.679. The molecule has 0 saturated carbocycles. The van der Waals surface area contributed by atoms with Gasteiger partial charge >= 0.3 is 0 Å². The largest absolute Gasteiger partial charge is 0.156 e. The first-order valence-electron chi connectivity index (χ1n) is 8.61. The summed E-state index contributed by atoms with van der Waals surface area (Å²) in [5.41, 5.74) is 3.05. The highest BCUT2D eigenvalue weighted by atomic mass is 32.2. The molecule has 0 aliphatic heterocycles. The van der Waals surface area contributed by atoms with Gasteiger partial charge in [0.05, 0.1) is 8.07 Å². The molecule has 0 bridgehead atoms. The van der Waals surface area contributed by atoms with Crippen LogP contribution < -0.4 is 0 Å². The van der Waals surface area contributed by atoms with Crippen LogP contribution in [0.15, 0.2) is 54.6 Å². The second-order valence-corrected chi connectivity index (χ2v) is 14.9. The quantitative estimate of drug-likeness (QED) is 0.339. The van der Waals surface area contributed by atoms with E-state index in [4.69, 9.17) is 0 Å². The fraction of sp³-hybridized carbons (Fsp3) is 0.524. The zero-order valence-electron chi connectivity index (χ0n) is 15.9. The first-order valence-corrected chi connectivity index (χ1v) is 13.2. The molecule has 2 heteroatoms. The lowest BCUT2D eigenvalue weighted by Gasteiger charge is -2.42. The molecule has 0 aromatic heterocycles. The second kappa shape index (κ2) is 8.94. The van der Waals surface area contributed by atoms with Gasteiger partial charge in [-0.3, -0.25) is 0 Å². The summed E-state index contributed by atoms with van der Waals surface area (Å²) in [6, 6.07) is 10.9. The molecule has 0 N–H and O–H groups in total. The molecule has 0 fully saturated rings. The van der Waals surface area contributed by atoms with Crippen molar-refractivity contribution in [3.8, 4) is 0 Å². The first kappa shape index (κ1) is 20.3. The first-order chi connectivity index (χ1) is 10.7. The monoisotopic (exact) mass is 346 g/mol. The molecule has 0 nitrogen and oxygen atoms in total. The summed E-state index contributed by atoms with van der Waals surface area (Å²) in [7, 11) is -1.30. The van der Waals surface area contributed by atoms with Gasteiger partial charge in [-0.2, -0.15) is 11.8 Å². The average molecular weight is 347 g/mol. The normalized spacial score (nSPS) is 15.6. The summed E-state index contributed by atoms with van der Waals surface area (Å²) < 4.78 is 0. The van der Waals surface area contributed by atoms with E-state index in [1.807, 2.05) is 0 Å². The van der Waals surface area contributed by atoms with Gasteiger partial charge in [0, 0.05) is 10.6 Å². The fourth-order valence-corrected chi connectivity index (χ4v) is 8.83. The number of rotatable bonds is 9. The van der Waals surface area contributed by atoms with Crippen molar-refractivity contribution in [2.45, 2.75) is 63.9 Å². The highest BCUT2D eigenvalue weighted by Crippen LogP contribution is 2.43. The Morgan fingerprint density at radius 3 is 2.30 bits per heavy atom. The molecule has 2 atom stereocenters. The standard InChI is InChI=1S/C21H34SSi/c1-8-21(4,16-12-13-18(2)3)20(23(5,6)7)22-17-19-14-10-9-11-15-19/h8-11,13-15,20H,1,12,16-17H2,2-7H3. The van der Waals surface area contributed by atoms with E-state index in [0.29, 0.717) is 4.87 Å². The van der Waals surface area contributed by atoms with E-state index in [9.17, 15) is 0 Å². The minimum atomic E-state index is -1.30. The predicted molar refractivity (Wildman–Crippen MR) is 112 cm³/mol. The maximum atomic E-state index is 4.21. The Balaban J connectivity index is 2.89. The molecule has 0 spiro atoms. The highest BCUT2D eigenvalue weighted by Gasteiger charge is 2.40. The van der Waals surface area contributed by atoms with Crippen LogP contribution in [0.5, 0.6) is 0 Å². The Labute approximate surface area is 149 Å². The zero-order chi connectivity index (χ0) is 17.5. The van der Waals surface area contributed by atoms with Crippen molar-refractivity contribution in [1.82, 2.24) is 0 Å². The van der Waals surface area contributed by atoms with E-state index >= 15 is 0 Å². The summed E-state index contributed by atoms with van der Waals surface area (Å²) >= 11 is 2.14. The van der Waals surface area contributed by atoms with Crippen molar-refractivity contribution in [2.24, 2.45) is 5.41 Å². The number of benzene rings is 1. The van der Waals surface area contributed by atoms with Crippen molar-refractivity contribution < 1.29 is 0 Å². The maximum absolute atomic E-state index is 4.21. The molecule has 0 radical (unpaired) electrons. The number of hydrogen-bond donors (Lipinski definition) is 0. The van der Waals surface area contributed by atoms with Gasteiger partial charge in [0.1, 0.15) is 0 Å². The van der Waals surface area contributed by atoms with Crippen LogP contribution in [0.2, 0.25) is 19.6 Å². The average Bonchev–Trinajstić information content (AvgIpc) is 2.46. The van der Waals surface area contributed by atoms with E-state index in [-0.39, 0.29) is 5.41 Å². The summed E-state index contributed by atoms with van der Waals surface area (Å²) in [5.74, 6) is 1.10. The Morgan fingerprint density at radius 1 is 1.22 bits per heavy atom. The number of thioether (sulfide) groups is 1. The van der Waals surface area contributed by atoms with E-state index in [0.717, 1.165) is 12.2 Å². The molecule has 0 heterocycles. The van der Waals surface area contributed by atoms with Crippen LogP contribution >= 0.6 is 11.8 Å². The van der Waals surface area contributed by atoms with Crippen LogP contribution in [-0.4, -0.2) is 12.9 Å². The molecule has 2 unspecified atom stereocenters. The third-order valence-corrected chi connectivity index (χ3v) is 10.6. The van der Waals surface area contributed by atoms with Crippen molar-refractivity contribution >= 4 is 19.8 Å². The van der Waals surface area contributed by atoms with Crippen LogP contribution in [0.25, 0.3) is 0 Å². The Bertz CT molecular complexity index is 508. The molecular weight excluding hydrogens is 312 g/mol. The number of hydrogen-bond acceptors (Lipinski definition) is 1. The van der Waals surface area contributed by atoms with E-state index < -0.39 is 8.07 Å². The van der Waals surface area contributed by atoms with E-state index in [1.165, 1.54) is 17.6 Å². The van der Waals surface area contributed by atoms with Gasteiger partial charge in [-0.1, -0.05) is 74.6 Å². The molecule has 1 aromatic rings. The van der Waals surface area contributed by atoms with Crippen molar-refractivity contribution in [3.63, 3.8) is 0 Å². The topological polar surface area (TPSA) is 0 Å². The molecule has 0 saturated heterocycles. The van der Waals surface area contributed by atoms with Gasteiger partial charge in [-0.15, -0.1) is 6.58 Å². The van der Waals surface area contributed by atoms with E-state index in [2.05, 4.69) is 101 Å². The number of allylic oxidation sites excluding steroid dienone is 3. The van der Waals surface area contributed by atoms with Gasteiger partial charge < -0.3 is 0 Å². The van der Waals surface area contributed by atoms with Crippen molar-refractivity contribution in [2.75, 3.05) is 0 Å². The zero-order valence-corrected chi connectivity index (χ0v) is 17.7. The molecule has 0 amide bonds. The van der Waals surface area contributed by atoms with Crippen LogP contribution in [0.4, 0.5) is 0 Å². The summed E-state index contributed by atoms with van der Waals surface area (Å²) in [5, 5.41) is 0. The van der Waals surface area contributed by atoms with Crippen LogP contribution in [0, 0.1) is 5.41 Å². The molecular formula is C21H34SSi. The summed E-state index contributed by atoms with van der Waals surface area (Å²) in [6.07, 6.45) is 6.94.